The lowest BCUT2D eigenvalue weighted by Gasteiger charge is -2.18. The zero-order valence-electron chi connectivity index (χ0n) is 20.4. The minimum atomic E-state index is -0.247. The molecule has 0 saturated carbocycles. The van der Waals surface area contributed by atoms with Crippen LogP contribution in [-0.4, -0.2) is 39.6 Å². The standard InChI is InChI=1S/C29H30N4O2/c1-4-32(5-2)29(35)24-15-17-25(18-16-24)30-28(34)26-20-33(19-22-9-7-6-8-10-22)31-27(26)23-13-11-21(3)12-14-23/h6-18,20H,4-5,19H2,1-3H3,(H,30,34). The predicted octanol–water partition coefficient (Wildman–Crippen LogP) is 5.64. The Balaban J connectivity index is 1.59. The fraction of sp³-hybridized carbons (Fsp3) is 0.207. The van der Waals surface area contributed by atoms with Crippen molar-refractivity contribution in [3.8, 4) is 11.3 Å². The van der Waals surface area contributed by atoms with Gasteiger partial charge in [-0.3, -0.25) is 14.3 Å². The molecule has 0 spiro atoms. The molecular formula is C29H30N4O2. The highest BCUT2D eigenvalue weighted by Crippen LogP contribution is 2.24. The Morgan fingerprint density at radius 3 is 2.17 bits per heavy atom. The summed E-state index contributed by atoms with van der Waals surface area (Å²) in [7, 11) is 0. The van der Waals surface area contributed by atoms with Crippen molar-refractivity contribution in [3.05, 3.63) is 107 Å². The van der Waals surface area contributed by atoms with Crippen LogP contribution in [0, 0.1) is 6.92 Å². The Morgan fingerprint density at radius 2 is 1.54 bits per heavy atom. The number of amides is 2. The molecule has 1 heterocycles. The van der Waals surface area contributed by atoms with E-state index in [1.807, 2.05) is 75.4 Å². The molecule has 0 bridgehead atoms. The molecule has 4 aromatic rings. The third kappa shape index (κ3) is 5.66. The van der Waals surface area contributed by atoms with Gasteiger partial charge in [0.15, 0.2) is 0 Å². The van der Waals surface area contributed by atoms with Gasteiger partial charge in [-0.05, 0) is 50.6 Å². The molecule has 1 N–H and O–H groups in total. The van der Waals surface area contributed by atoms with Crippen LogP contribution in [0.4, 0.5) is 5.69 Å². The maximum Gasteiger partial charge on any atom is 0.259 e. The van der Waals surface area contributed by atoms with Crippen molar-refractivity contribution in [1.82, 2.24) is 14.7 Å². The number of hydrogen-bond acceptors (Lipinski definition) is 3. The van der Waals surface area contributed by atoms with Crippen molar-refractivity contribution >= 4 is 17.5 Å². The zero-order valence-corrected chi connectivity index (χ0v) is 20.4. The molecule has 3 aromatic carbocycles. The Kier molecular flexibility index (Phi) is 7.41. The van der Waals surface area contributed by atoms with Crippen molar-refractivity contribution in [2.75, 3.05) is 18.4 Å². The van der Waals surface area contributed by atoms with Gasteiger partial charge >= 0.3 is 0 Å². The molecule has 0 aliphatic rings. The van der Waals surface area contributed by atoms with E-state index < -0.39 is 0 Å². The second-order valence-electron chi connectivity index (χ2n) is 8.45. The van der Waals surface area contributed by atoms with E-state index in [9.17, 15) is 9.59 Å². The average molecular weight is 467 g/mol. The molecule has 0 atom stereocenters. The summed E-state index contributed by atoms with van der Waals surface area (Å²) >= 11 is 0. The number of anilines is 1. The van der Waals surface area contributed by atoms with E-state index in [1.165, 1.54) is 0 Å². The van der Waals surface area contributed by atoms with E-state index in [0.29, 0.717) is 42.1 Å². The Labute approximate surface area is 206 Å². The van der Waals surface area contributed by atoms with Crippen LogP contribution < -0.4 is 5.32 Å². The summed E-state index contributed by atoms with van der Waals surface area (Å²) in [4.78, 5) is 27.7. The van der Waals surface area contributed by atoms with Gasteiger partial charge in [0.25, 0.3) is 11.8 Å². The number of nitrogens with one attached hydrogen (secondary N) is 1. The molecule has 0 saturated heterocycles. The SMILES string of the molecule is CCN(CC)C(=O)c1ccc(NC(=O)c2cn(Cc3ccccc3)nc2-c2ccc(C)cc2)cc1. The van der Waals surface area contributed by atoms with Crippen LogP contribution in [0.25, 0.3) is 11.3 Å². The first kappa shape index (κ1) is 24.0. The molecule has 178 valence electrons. The second kappa shape index (κ2) is 10.8. The highest BCUT2D eigenvalue weighted by molar-refractivity contribution is 6.08. The fourth-order valence-corrected chi connectivity index (χ4v) is 3.95. The Morgan fingerprint density at radius 1 is 0.886 bits per heavy atom. The van der Waals surface area contributed by atoms with E-state index in [1.54, 1.807) is 40.0 Å². The van der Waals surface area contributed by atoms with E-state index in [2.05, 4.69) is 5.32 Å². The smallest absolute Gasteiger partial charge is 0.259 e. The maximum atomic E-state index is 13.3. The van der Waals surface area contributed by atoms with Gasteiger partial charge in [0.2, 0.25) is 0 Å². The maximum absolute atomic E-state index is 13.3. The van der Waals surface area contributed by atoms with Gasteiger partial charge in [-0.25, -0.2) is 0 Å². The van der Waals surface area contributed by atoms with Crippen molar-refractivity contribution in [2.24, 2.45) is 0 Å². The second-order valence-corrected chi connectivity index (χ2v) is 8.45. The topological polar surface area (TPSA) is 67.2 Å². The van der Waals surface area contributed by atoms with Crippen LogP contribution in [0.1, 0.15) is 45.7 Å². The Hall–Kier alpha value is -4.19. The minimum Gasteiger partial charge on any atom is -0.339 e. The van der Waals surface area contributed by atoms with E-state index in [0.717, 1.165) is 16.7 Å². The molecule has 1 aromatic heterocycles. The number of carbonyl (C=O) groups excluding carboxylic acids is 2. The Bertz CT molecular complexity index is 1290. The molecule has 0 fully saturated rings. The summed E-state index contributed by atoms with van der Waals surface area (Å²) in [6.07, 6.45) is 1.79. The van der Waals surface area contributed by atoms with E-state index in [-0.39, 0.29) is 11.8 Å². The highest BCUT2D eigenvalue weighted by atomic mass is 16.2. The average Bonchev–Trinajstić information content (AvgIpc) is 3.30. The molecule has 6 heteroatoms. The van der Waals surface area contributed by atoms with Gasteiger partial charge in [0, 0.05) is 36.1 Å². The van der Waals surface area contributed by atoms with Crippen LogP contribution in [0.5, 0.6) is 0 Å². The van der Waals surface area contributed by atoms with Crippen LogP contribution in [-0.2, 0) is 6.54 Å². The van der Waals surface area contributed by atoms with Gasteiger partial charge in [0.1, 0.15) is 5.69 Å². The largest absolute Gasteiger partial charge is 0.339 e. The van der Waals surface area contributed by atoms with E-state index in [4.69, 9.17) is 5.10 Å². The number of aromatic nitrogens is 2. The first-order valence-electron chi connectivity index (χ1n) is 11.9. The number of nitrogens with zero attached hydrogens (tertiary/aromatic N) is 3. The number of aryl methyl sites for hydroxylation is 1. The molecule has 4 rings (SSSR count). The molecular weight excluding hydrogens is 436 g/mol. The van der Waals surface area contributed by atoms with Gasteiger partial charge in [0.05, 0.1) is 12.1 Å². The van der Waals surface area contributed by atoms with Crippen molar-refractivity contribution < 1.29 is 9.59 Å². The lowest BCUT2D eigenvalue weighted by atomic mass is 10.1. The van der Waals surface area contributed by atoms with Crippen molar-refractivity contribution in [2.45, 2.75) is 27.3 Å². The van der Waals surface area contributed by atoms with Crippen LogP contribution in [0.3, 0.4) is 0 Å². The molecule has 0 unspecified atom stereocenters. The van der Waals surface area contributed by atoms with Crippen LogP contribution >= 0.6 is 0 Å². The number of hydrogen-bond donors (Lipinski definition) is 1. The molecule has 0 aliphatic carbocycles. The summed E-state index contributed by atoms with van der Waals surface area (Å²) < 4.78 is 1.80. The van der Waals surface area contributed by atoms with Crippen LogP contribution in [0.2, 0.25) is 0 Å². The molecule has 0 radical (unpaired) electrons. The lowest BCUT2D eigenvalue weighted by molar-refractivity contribution is 0.0773. The van der Waals surface area contributed by atoms with Gasteiger partial charge < -0.3 is 10.2 Å². The molecule has 35 heavy (non-hydrogen) atoms. The normalized spacial score (nSPS) is 10.7. The predicted molar refractivity (Wildman–Crippen MR) is 140 cm³/mol. The summed E-state index contributed by atoms with van der Waals surface area (Å²) in [6, 6.07) is 25.0. The summed E-state index contributed by atoms with van der Waals surface area (Å²) in [5, 5.41) is 7.71. The van der Waals surface area contributed by atoms with Crippen LogP contribution in [0.15, 0.2) is 85.1 Å². The summed E-state index contributed by atoms with van der Waals surface area (Å²) in [6.45, 7) is 7.82. The zero-order chi connectivity index (χ0) is 24.8. The number of rotatable bonds is 8. The summed E-state index contributed by atoms with van der Waals surface area (Å²) in [5.41, 5.74) is 5.47. The minimum absolute atomic E-state index is 0.0169. The molecule has 2 amide bonds. The van der Waals surface area contributed by atoms with Crippen molar-refractivity contribution in [1.29, 1.82) is 0 Å². The number of carbonyl (C=O) groups is 2. The van der Waals surface area contributed by atoms with Gasteiger partial charge in [-0.1, -0.05) is 60.2 Å². The molecule has 0 aliphatic heterocycles. The third-order valence-corrected chi connectivity index (χ3v) is 5.96. The van der Waals surface area contributed by atoms with Crippen molar-refractivity contribution in [3.63, 3.8) is 0 Å². The first-order valence-corrected chi connectivity index (χ1v) is 11.9. The third-order valence-electron chi connectivity index (χ3n) is 5.96. The lowest BCUT2D eigenvalue weighted by Crippen LogP contribution is -2.30. The molecule has 6 nitrogen and oxygen atoms in total. The quantitative estimate of drug-likeness (QED) is 0.365. The van der Waals surface area contributed by atoms with E-state index >= 15 is 0 Å². The highest BCUT2D eigenvalue weighted by Gasteiger charge is 2.19. The number of benzene rings is 3. The summed E-state index contributed by atoms with van der Waals surface area (Å²) in [5.74, 6) is -0.264. The van der Waals surface area contributed by atoms with Gasteiger partial charge in [-0.2, -0.15) is 5.10 Å². The first-order chi connectivity index (χ1) is 17.0. The van der Waals surface area contributed by atoms with Gasteiger partial charge in [-0.15, -0.1) is 0 Å². The fourth-order valence-electron chi connectivity index (χ4n) is 3.95. The monoisotopic (exact) mass is 466 g/mol.